The average Bonchev–Trinajstić information content (AvgIpc) is 3.07. The first-order valence-electron chi connectivity index (χ1n) is 10.3. The highest BCUT2D eigenvalue weighted by Crippen LogP contribution is 2.35. The van der Waals surface area contributed by atoms with Crippen LogP contribution in [0, 0.1) is 6.92 Å². The normalized spacial score (nSPS) is 14.6. The van der Waals surface area contributed by atoms with E-state index in [0.717, 1.165) is 22.9 Å². The maximum Gasteiger partial charge on any atom is 0.345 e. The monoisotopic (exact) mass is 493 g/mol. The molecule has 0 atom stereocenters. The van der Waals surface area contributed by atoms with Gasteiger partial charge < -0.3 is 9.47 Å². The van der Waals surface area contributed by atoms with Crippen molar-refractivity contribution in [3.63, 3.8) is 0 Å². The predicted molar refractivity (Wildman–Crippen MR) is 132 cm³/mol. The summed E-state index contributed by atoms with van der Waals surface area (Å²) >= 11 is 6.97. The number of amides is 2. The Morgan fingerprint density at radius 2 is 1.82 bits per heavy atom. The Hall–Kier alpha value is -3.55. The van der Waals surface area contributed by atoms with Gasteiger partial charge in [-0.1, -0.05) is 59.6 Å². The van der Waals surface area contributed by atoms with Gasteiger partial charge in [-0.25, -0.2) is 4.79 Å². The highest BCUT2D eigenvalue weighted by atomic mass is 35.5. The highest BCUT2D eigenvalue weighted by molar-refractivity contribution is 8.18. The molecule has 1 fully saturated rings. The van der Waals surface area contributed by atoms with E-state index < -0.39 is 5.97 Å². The molecule has 0 N–H and O–H groups in total. The van der Waals surface area contributed by atoms with E-state index >= 15 is 0 Å². The molecule has 1 heterocycles. The van der Waals surface area contributed by atoms with Gasteiger partial charge in [0.2, 0.25) is 0 Å². The van der Waals surface area contributed by atoms with Gasteiger partial charge in [-0.05, 0) is 60.2 Å². The minimum absolute atomic E-state index is 0.167. The van der Waals surface area contributed by atoms with E-state index in [1.807, 2.05) is 31.2 Å². The summed E-state index contributed by atoms with van der Waals surface area (Å²) in [4.78, 5) is 39.5. The van der Waals surface area contributed by atoms with Gasteiger partial charge in [0.25, 0.3) is 11.1 Å². The lowest BCUT2D eigenvalue weighted by Gasteiger charge is -2.13. The summed E-state index contributed by atoms with van der Waals surface area (Å²) in [5, 5.41) is -0.0680. The first kappa shape index (κ1) is 23.6. The Morgan fingerprint density at radius 1 is 1.03 bits per heavy atom. The zero-order chi connectivity index (χ0) is 24.2. The van der Waals surface area contributed by atoms with Crippen molar-refractivity contribution in [2.45, 2.75) is 13.5 Å². The van der Waals surface area contributed by atoms with Gasteiger partial charge in [-0.15, -0.1) is 0 Å². The van der Waals surface area contributed by atoms with Gasteiger partial charge in [-0.2, -0.15) is 0 Å². The van der Waals surface area contributed by atoms with Gasteiger partial charge in [-0.3, -0.25) is 14.5 Å². The van der Waals surface area contributed by atoms with E-state index in [1.165, 1.54) is 12.0 Å². The topological polar surface area (TPSA) is 72.9 Å². The van der Waals surface area contributed by atoms with E-state index in [4.69, 9.17) is 21.1 Å². The molecule has 34 heavy (non-hydrogen) atoms. The molecule has 8 heteroatoms. The largest absolute Gasteiger partial charge is 0.493 e. The number of halogens is 1. The SMILES string of the molecule is COc1ccc(/C=C2\SC(=O)N(Cc3cccc(C)c3)C2=O)cc1OC(=O)c1ccccc1Cl. The molecule has 0 aromatic heterocycles. The van der Waals surface area contributed by atoms with E-state index in [9.17, 15) is 14.4 Å². The summed E-state index contributed by atoms with van der Waals surface area (Å²) in [6.07, 6.45) is 1.59. The van der Waals surface area contributed by atoms with Crippen LogP contribution in [0.4, 0.5) is 4.79 Å². The van der Waals surface area contributed by atoms with E-state index in [-0.39, 0.29) is 38.9 Å². The number of imide groups is 1. The van der Waals surface area contributed by atoms with Gasteiger partial charge >= 0.3 is 5.97 Å². The second-order valence-corrected chi connectivity index (χ2v) is 8.94. The number of hydrogen-bond donors (Lipinski definition) is 0. The molecule has 0 unspecified atom stereocenters. The molecular weight excluding hydrogens is 474 g/mol. The number of aryl methyl sites for hydroxylation is 1. The van der Waals surface area contributed by atoms with Crippen molar-refractivity contribution in [1.82, 2.24) is 4.90 Å². The van der Waals surface area contributed by atoms with E-state index in [1.54, 1.807) is 48.5 Å². The summed E-state index contributed by atoms with van der Waals surface area (Å²) in [5.41, 5.74) is 2.72. The molecule has 0 radical (unpaired) electrons. The first-order valence-corrected chi connectivity index (χ1v) is 11.5. The summed E-state index contributed by atoms with van der Waals surface area (Å²) in [6.45, 7) is 2.16. The van der Waals surface area contributed by atoms with Gasteiger partial charge in [0.1, 0.15) is 0 Å². The van der Waals surface area contributed by atoms with E-state index in [2.05, 4.69) is 0 Å². The minimum Gasteiger partial charge on any atom is -0.493 e. The third-order valence-corrected chi connectivity index (χ3v) is 6.32. The van der Waals surface area contributed by atoms with Crippen LogP contribution >= 0.6 is 23.4 Å². The number of carbonyl (C=O) groups excluding carboxylic acids is 3. The average molecular weight is 494 g/mol. The standard InChI is InChI=1S/C26H20ClNO5S/c1-16-6-5-7-18(12-16)15-28-24(29)23(34-26(28)31)14-17-10-11-21(32-2)22(13-17)33-25(30)19-8-3-4-9-20(19)27/h3-14H,15H2,1-2H3/b23-14-. The maximum atomic E-state index is 12.9. The van der Waals surface area contributed by atoms with Crippen molar-refractivity contribution >= 4 is 46.6 Å². The van der Waals surface area contributed by atoms with Crippen LogP contribution < -0.4 is 9.47 Å². The van der Waals surface area contributed by atoms with Crippen LogP contribution in [-0.4, -0.2) is 29.1 Å². The second kappa shape index (κ2) is 10.2. The molecule has 0 aliphatic carbocycles. The van der Waals surface area contributed by atoms with Gasteiger partial charge in [0.05, 0.1) is 29.1 Å². The lowest BCUT2D eigenvalue weighted by atomic mass is 10.1. The smallest absolute Gasteiger partial charge is 0.345 e. The Balaban J connectivity index is 1.57. The Labute approximate surface area is 206 Å². The fraction of sp³-hybridized carbons (Fsp3) is 0.115. The number of thioether (sulfide) groups is 1. The molecule has 0 saturated carbocycles. The number of nitrogens with zero attached hydrogens (tertiary/aromatic N) is 1. The summed E-state index contributed by atoms with van der Waals surface area (Å²) < 4.78 is 10.8. The summed E-state index contributed by atoms with van der Waals surface area (Å²) in [7, 11) is 1.46. The molecule has 172 valence electrons. The fourth-order valence-corrected chi connectivity index (χ4v) is 4.48. The molecule has 0 bridgehead atoms. The quantitative estimate of drug-likeness (QED) is 0.234. The molecule has 1 aliphatic heterocycles. The number of rotatable bonds is 6. The minimum atomic E-state index is -0.639. The Bertz CT molecular complexity index is 1320. The molecule has 2 amide bonds. The van der Waals surface area contributed by atoms with Crippen molar-refractivity contribution in [3.05, 3.63) is 98.9 Å². The van der Waals surface area contributed by atoms with Crippen LogP contribution in [0.3, 0.4) is 0 Å². The molecular formula is C26H20ClNO5S. The van der Waals surface area contributed by atoms with Crippen LogP contribution in [0.15, 0.2) is 71.6 Å². The van der Waals surface area contributed by atoms with Crippen LogP contribution in [0.1, 0.15) is 27.0 Å². The lowest BCUT2D eigenvalue weighted by Crippen LogP contribution is -2.27. The molecule has 3 aromatic rings. The van der Waals surface area contributed by atoms with Crippen molar-refractivity contribution in [2.75, 3.05) is 7.11 Å². The first-order chi connectivity index (χ1) is 16.4. The Kier molecular flexibility index (Phi) is 7.05. The van der Waals surface area contributed by atoms with Crippen molar-refractivity contribution in [3.8, 4) is 11.5 Å². The number of carbonyl (C=O) groups is 3. The van der Waals surface area contributed by atoms with Gasteiger partial charge in [0.15, 0.2) is 11.5 Å². The van der Waals surface area contributed by atoms with Crippen molar-refractivity contribution in [2.24, 2.45) is 0 Å². The molecule has 6 nitrogen and oxygen atoms in total. The van der Waals surface area contributed by atoms with Crippen molar-refractivity contribution < 1.29 is 23.9 Å². The molecule has 1 aliphatic rings. The van der Waals surface area contributed by atoms with E-state index in [0.29, 0.717) is 11.3 Å². The zero-order valence-electron chi connectivity index (χ0n) is 18.4. The fourth-order valence-electron chi connectivity index (χ4n) is 3.43. The van der Waals surface area contributed by atoms with Gasteiger partial charge in [0, 0.05) is 0 Å². The van der Waals surface area contributed by atoms with Crippen LogP contribution in [0.5, 0.6) is 11.5 Å². The third kappa shape index (κ3) is 5.16. The third-order valence-electron chi connectivity index (χ3n) is 5.08. The van der Waals surface area contributed by atoms with Crippen molar-refractivity contribution in [1.29, 1.82) is 0 Å². The summed E-state index contributed by atoms with van der Waals surface area (Å²) in [5.74, 6) is -0.508. The van der Waals surface area contributed by atoms with Crippen LogP contribution in [-0.2, 0) is 11.3 Å². The maximum absolute atomic E-state index is 12.9. The van der Waals surface area contributed by atoms with Crippen LogP contribution in [0.2, 0.25) is 5.02 Å². The molecule has 0 spiro atoms. The lowest BCUT2D eigenvalue weighted by molar-refractivity contribution is -0.123. The molecule has 1 saturated heterocycles. The number of hydrogen-bond acceptors (Lipinski definition) is 6. The molecule has 3 aromatic carbocycles. The summed E-state index contributed by atoms with van der Waals surface area (Å²) in [6, 6.07) is 19.1. The number of methoxy groups -OCH3 is 1. The number of esters is 1. The molecule has 4 rings (SSSR count). The predicted octanol–water partition coefficient (Wildman–Crippen LogP) is 6.11. The van der Waals surface area contributed by atoms with Crippen LogP contribution in [0.25, 0.3) is 6.08 Å². The number of ether oxygens (including phenoxy) is 2. The second-order valence-electron chi connectivity index (χ2n) is 7.54. The number of benzene rings is 3. The Morgan fingerprint density at radius 3 is 2.56 bits per heavy atom. The zero-order valence-corrected chi connectivity index (χ0v) is 20.0. The highest BCUT2D eigenvalue weighted by Gasteiger charge is 2.35.